The number of rotatable bonds is 1. The van der Waals surface area contributed by atoms with Crippen LogP contribution in [-0.2, 0) is 9.53 Å². The number of likely N-dealkylation sites (tertiary alicyclic amines) is 1. The maximum Gasteiger partial charge on any atom is 0.138 e. The molecule has 0 N–H and O–H groups in total. The van der Waals surface area contributed by atoms with E-state index >= 15 is 0 Å². The Morgan fingerprint density at radius 1 is 1.27 bits per heavy atom. The van der Waals surface area contributed by atoms with Crippen LogP contribution in [0.25, 0.3) is 0 Å². The van der Waals surface area contributed by atoms with Gasteiger partial charge < -0.3 is 4.74 Å². The number of nitrogens with zero attached hydrogens (tertiary/aromatic N) is 1. The van der Waals surface area contributed by atoms with E-state index in [1.165, 1.54) is 0 Å². The fraction of sp³-hybridized carbons (Fsp3) is 0.917. The highest BCUT2D eigenvalue weighted by atomic mass is 16.5. The van der Waals surface area contributed by atoms with Gasteiger partial charge in [0, 0.05) is 44.2 Å². The van der Waals surface area contributed by atoms with Gasteiger partial charge in [-0.2, -0.15) is 0 Å². The molecule has 0 bridgehead atoms. The predicted octanol–water partition coefficient (Wildman–Crippen LogP) is 1.46. The van der Waals surface area contributed by atoms with Gasteiger partial charge in [-0.05, 0) is 19.8 Å². The molecule has 0 aromatic heterocycles. The highest BCUT2D eigenvalue weighted by Gasteiger charge is 2.35. The van der Waals surface area contributed by atoms with Crippen molar-refractivity contribution in [2.45, 2.75) is 45.2 Å². The minimum Gasteiger partial charge on any atom is -0.381 e. The summed E-state index contributed by atoms with van der Waals surface area (Å²) in [5, 5.41) is 0. The number of carbonyl (C=O) groups is 1. The molecule has 2 atom stereocenters. The normalized spacial score (nSPS) is 35.7. The van der Waals surface area contributed by atoms with Crippen molar-refractivity contribution in [3.05, 3.63) is 0 Å². The molecule has 0 saturated carbocycles. The molecule has 86 valence electrons. The van der Waals surface area contributed by atoms with Crippen LogP contribution in [0.4, 0.5) is 0 Å². The molecular formula is C12H21NO2. The smallest absolute Gasteiger partial charge is 0.138 e. The molecular weight excluding hydrogens is 190 g/mol. The van der Waals surface area contributed by atoms with E-state index < -0.39 is 0 Å². The van der Waals surface area contributed by atoms with Crippen molar-refractivity contribution in [1.29, 1.82) is 0 Å². The third-order valence-corrected chi connectivity index (χ3v) is 4.03. The van der Waals surface area contributed by atoms with Crippen molar-refractivity contribution in [2.75, 3.05) is 19.8 Å². The molecule has 0 radical (unpaired) electrons. The number of ether oxygens (including phenoxy) is 1. The molecule has 3 nitrogen and oxygen atoms in total. The Kier molecular flexibility index (Phi) is 3.42. The second kappa shape index (κ2) is 4.62. The van der Waals surface area contributed by atoms with Crippen molar-refractivity contribution < 1.29 is 9.53 Å². The molecule has 2 unspecified atom stereocenters. The van der Waals surface area contributed by atoms with Crippen LogP contribution in [0.3, 0.4) is 0 Å². The number of piperidine rings is 1. The second-order valence-corrected chi connectivity index (χ2v) is 4.83. The molecule has 0 aliphatic carbocycles. The Morgan fingerprint density at radius 3 is 2.60 bits per heavy atom. The van der Waals surface area contributed by atoms with E-state index in [2.05, 4.69) is 18.7 Å². The molecule has 3 heteroatoms. The summed E-state index contributed by atoms with van der Waals surface area (Å²) >= 11 is 0. The van der Waals surface area contributed by atoms with Crippen LogP contribution in [0.5, 0.6) is 0 Å². The maximum absolute atomic E-state index is 11.6. The first-order valence-corrected chi connectivity index (χ1v) is 6.06. The van der Waals surface area contributed by atoms with Crippen LogP contribution >= 0.6 is 0 Å². The Bertz CT molecular complexity index is 236. The van der Waals surface area contributed by atoms with Gasteiger partial charge in [-0.15, -0.1) is 0 Å². The first kappa shape index (κ1) is 11.1. The Labute approximate surface area is 91.8 Å². The zero-order valence-corrected chi connectivity index (χ0v) is 9.74. The quantitative estimate of drug-likeness (QED) is 0.657. The van der Waals surface area contributed by atoms with E-state index in [4.69, 9.17) is 4.74 Å². The van der Waals surface area contributed by atoms with Gasteiger partial charge in [0.25, 0.3) is 0 Å². The van der Waals surface area contributed by atoms with Gasteiger partial charge in [0.05, 0.1) is 0 Å². The second-order valence-electron chi connectivity index (χ2n) is 4.83. The fourth-order valence-electron chi connectivity index (χ4n) is 2.76. The lowest BCUT2D eigenvalue weighted by Crippen LogP contribution is -2.52. The molecule has 2 rings (SSSR count). The van der Waals surface area contributed by atoms with E-state index in [1.807, 2.05) is 0 Å². The van der Waals surface area contributed by atoms with E-state index in [9.17, 15) is 4.79 Å². The van der Waals surface area contributed by atoms with Gasteiger partial charge >= 0.3 is 0 Å². The fourth-order valence-corrected chi connectivity index (χ4v) is 2.76. The van der Waals surface area contributed by atoms with Crippen molar-refractivity contribution in [2.24, 2.45) is 5.92 Å². The predicted molar refractivity (Wildman–Crippen MR) is 58.8 cm³/mol. The van der Waals surface area contributed by atoms with Crippen LogP contribution in [-0.4, -0.2) is 42.5 Å². The molecule has 0 spiro atoms. The zero-order chi connectivity index (χ0) is 10.8. The third-order valence-electron chi connectivity index (χ3n) is 4.03. The van der Waals surface area contributed by atoms with Gasteiger partial charge in [-0.3, -0.25) is 9.69 Å². The maximum atomic E-state index is 11.6. The number of ketones is 1. The minimum absolute atomic E-state index is 0.210. The Morgan fingerprint density at radius 2 is 1.93 bits per heavy atom. The van der Waals surface area contributed by atoms with Crippen LogP contribution in [0.15, 0.2) is 0 Å². The summed E-state index contributed by atoms with van der Waals surface area (Å²) in [4.78, 5) is 14.1. The molecule has 0 aromatic carbocycles. The van der Waals surface area contributed by atoms with Crippen LogP contribution < -0.4 is 0 Å². The molecule has 0 amide bonds. The standard InChI is InChI=1S/C12H21NO2/c1-9-10(2)13(6-3-12(9)14)11-4-7-15-8-5-11/h9-11H,3-8H2,1-2H3. The van der Waals surface area contributed by atoms with Gasteiger partial charge in [0.15, 0.2) is 0 Å². The summed E-state index contributed by atoms with van der Waals surface area (Å²) in [6.45, 7) is 6.98. The average molecular weight is 211 g/mol. The summed E-state index contributed by atoms with van der Waals surface area (Å²) in [7, 11) is 0. The lowest BCUT2D eigenvalue weighted by Gasteiger charge is -2.43. The lowest BCUT2D eigenvalue weighted by atomic mass is 9.88. The van der Waals surface area contributed by atoms with Crippen LogP contribution in [0, 0.1) is 5.92 Å². The van der Waals surface area contributed by atoms with Gasteiger partial charge in [0.2, 0.25) is 0 Å². The van der Waals surface area contributed by atoms with Gasteiger partial charge in [-0.25, -0.2) is 0 Å². The van der Waals surface area contributed by atoms with Crippen molar-refractivity contribution in [1.82, 2.24) is 4.90 Å². The highest BCUT2D eigenvalue weighted by Crippen LogP contribution is 2.26. The summed E-state index contributed by atoms with van der Waals surface area (Å²) in [5.41, 5.74) is 0. The first-order valence-electron chi connectivity index (χ1n) is 6.06. The summed E-state index contributed by atoms with van der Waals surface area (Å²) < 4.78 is 5.38. The number of hydrogen-bond donors (Lipinski definition) is 0. The van der Waals surface area contributed by atoms with E-state index in [0.717, 1.165) is 39.0 Å². The minimum atomic E-state index is 0.210. The molecule has 2 saturated heterocycles. The van der Waals surface area contributed by atoms with Gasteiger partial charge in [0.1, 0.15) is 5.78 Å². The largest absolute Gasteiger partial charge is 0.381 e. The SMILES string of the molecule is CC1C(=O)CCN(C2CCOCC2)C1C. The average Bonchev–Trinajstić information content (AvgIpc) is 2.27. The summed E-state index contributed by atoms with van der Waals surface area (Å²) in [5.74, 6) is 0.646. The number of hydrogen-bond acceptors (Lipinski definition) is 3. The third kappa shape index (κ3) is 2.23. The van der Waals surface area contributed by atoms with Crippen LogP contribution in [0.2, 0.25) is 0 Å². The molecule has 15 heavy (non-hydrogen) atoms. The lowest BCUT2D eigenvalue weighted by molar-refractivity contribution is -0.129. The van der Waals surface area contributed by atoms with Crippen molar-refractivity contribution in [3.63, 3.8) is 0 Å². The molecule has 2 aliphatic heterocycles. The van der Waals surface area contributed by atoms with Gasteiger partial charge in [-0.1, -0.05) is 6.92 Å². The number of Topliss-reactive ketones (excluding diaryl/α,β-unsaturated/α-hetero) is 1. The molecule has 2 heterocycles. The summed E-state index contributed by atoms with van der Waals surface area (Å²) in [6.07, 6.45) is 3.00. The first-order chi connectivity index (χ1) is 7.20. The zero-order valence-electron chi connectivity index (χ0n) is 9.74. The highest BCUT2D eigenvalue weighted by molar-refractivity contribution is 5.82. The van der Waals surface area contributed by atoms with Crippen LogP contribution in [0.1, 0.15) is 33.1 Å². The van der Waals surface area contributed by atoms with Crippen molar-refractivity contribution >= 4 is 5.78 Å². The molecule has 2 fully saturated rings. The van der Waals surface area contributed by atoms with E-state index in [-0.39, 0.29) is 5.92 Å². The topological polar surface area (TPSA) is 29.5 Å². The van der Waals surface area contributed by atoms with E-state index in [1.54, 1.807) is 0 Å². The monoisotopic (exact) mass is 211 g/mol. The number of carbonyl (C=O) groups excluding carboxylic acids is 1. The van der Waals surface area contributed by atoms with Crippen molar-refractivity contribution in [3.8, 4) is 0 Å². The molecule has 0 aromatic rings. The Hall–Kier alpha value is -0.410. The van der Waals surface area contributed by atoms with E-state index in [0.29, 0.717) is 17.9 Å². The molecule has 2 aliphatic rings. The summed E-state index contributed by atoms with van der Waals surface area (Å²) in [6, 6.07) is 1.05. The Balaban J connectivity index is 1.99.